The van der Waals surface area contributed by atoms with E-state index in [0.717, 1.165) is 6.26 Å². The number of hydrogen-bond donors (Lipinski definition) is 0. The zero-order valence-electron chi connectivity index (χ0n) is 9.81. The van der Waals surface area contributed by atoms with Gasteiger partial charge in [-0.15, -0.1) is 0 Å². The summed E-state index contributed by atoms with van der Waals surface area (Å²) in [5.41, 5.74) is 0. The molecule has 5 nitrogen and oxygen atoms in total. The van der Waals surface area contributed by atoms with Crippen LogP contribution in [0.3, 0.4) is 0 Å². The minimum atomic E-state index is -3.37. The Hall–Kier alpha value is -0.820. The van der Waals surface area contributed by atoms with Gasteiger partial charge in [0, 0.05) is 13.3 Å². The minimum Gasteiger partial charge on any atom is -0.452 e. The molecule has 0 saturated carbocycles. The largest absolute Gasteiger partial charge is 0.452 e. The van der Waals surface area contributed by atoms with Crippen LogP contribution in [0.2, 0.25) is 0 Å². The molecule has 1 heterocycles. The number of carbonyl (C=O) groups excluding carboxylic acids is 1. The first kappa shape index (κ1) is 14.2. The molecule has 1 aromatic heterocycles. The van der Waals surface area contributed by atoms with E-state index in [-0.39, 0.29) is 6.54 Å². The third-order valence-electron chi connectivity index (χ3n) is 2.39. The van der Waals surface area contributed by atoms with Crippen LogP contribution in [0, 0.1) is 0 Å². The number of halogens is 1. The van der Waals surface area contributed by atoms with Gasteiger partial charge in [0.2, 0.25) is 5.91 Å². The predicted octanol–water partition coefficient (Wildman–Crippen LogP) is 1.43. The zero-order valence-corrected chi connectivity index (χ0v) is 12.2. The van der Waals surface area contributed by atoms with Gasteiger partial charge in [0.15, 0.2) is 14.5 Å². The van der Waals surface area contributed by atoms with Crippen molar-refractivity contribution < 1.29 is 17.6 Å². The van der Waals surface area contributed by atoms with E-state index in [4.69, 9.17) is 4.42 Å². The van der Waals surface area contributed by atoms with Gasteiger partial charge in [0.25, 0.3) is 0 Å². The van der Waals surface area contributed by atoms with Crippen LogP contribution in [-0.4, -0.2) is 37.8 Å². The predicted molar refractivity (Wildman–Crippen MR) is 67.2 cm³/mol. The van der Waals surface area contributed by atoms with Crippen molar-refractivity contribution in [2.45, 2.75) is 18.7 Å². The van der Waals surface area contributed by atoms with Gasteiger partial charge in [-0.25, -0.2) is 8.42 Å². The van der Waals surface area contributed by atoms with Crippen molar-refractivity contribution in [3.05, 3.63) is 22.6 Å². The molecule has 96 valence electrons. The Balaban J connectivity index is 2.71. The molecule has 0 fully saturated rings. The van der Waals surface area contributed by atoms with Crippen LogP contribution in [0.4, 0.5) is 0 Å². The summed E-state index contributed by atoms with van der Waals surface area (Å²) in [5, 5.41) is -1.04. The monoisotopic (exact) mass is 323 g/mol. The lowest BCUT2D eigenvalue weighted by molar-refractivity contribution is -0.129. The maximum atomic E-state index is 11.8. The molecular weight excluding hydrogens is 310 g/mol. The van der Waals surface area contributed by atoms with E-state index in [0.29, 0.717) is 10.4 Å². The third-order valence-corrected chi connectivity index (χ3v) is 4.30. The number of furan rings is 1. The quantitative estimate of drug-likeness (QED) is 0.840. The second-order valence-corrected chi connectivity index (χ2v) is 7.02. The summed E-state index contributed by atoms with van der Waals surface area (Å²) >= 11 is 3.15. The molecule has 0 aliphatic heterocycles. The topological polar surface area (TPSA) is 67.6 Å². The van der Waals surface area contributed by atoms with Gasteiger partial charge in [-0.2, -0.15) is 0 Å². The Kier molecular flexibility index (Phi) is 4.37. The minimum absolute atomic E-state index is 0.240. The van der Waals surface area contributed by atoms with Gasteiger partial charge in [0.1, 0.15) is 11.0 Å². The van der Waals surface area contributed by atoms with Crippen LogP contribution < -0.4 is 0 Å². The molecule has 0 aliphatic rings. The summed E-state index contributed by atoms with van der Waals surface area (Å²) in [7, 11) is -1.82. The summed E-state index contributed by atoms with van der Waals surface area (Å²) in [4.78, 5) is 13.1. The molecule has 0 unspecified atom stereocenters. The van der Waals surface area contributed by atoms with E-state index in [1.165, 1.54) is 11.8 Å². The van der Waals surface area contributed by atoms with Crippen molar-refractivity contribution in [1.82, 2.24) is 4.90 Å². The molecule has 1 atom stereocenters. The van der Waals surface area contributed by atoms with Crippen molar-refractivity contribution in [1.29, 1.82) is 0 Å². The first-order valence-electron chi connectivity index (χ1n) is 4.90. The Morgan fingerprint density at radius 2 is 2.12 bits per heavy atom. The number of rotatable bonds is 4. The molecule has 1 aromatic rings. The molecule has 0 bridgehead atoms. The highest BCUT2D eigenvalue weighted by Crippen LogP contribution is 2.16. The number of nitrogens with zero attached hydrogens (tertiary/aromatic N) is 1. The molecule has 0 spiro atoms. The van der Waals surface area contributed by atoms with Crippen LogP contribution in [-0.2, 0) is 21.2 Å². The number of hydrogen-bond acceptors (Lipinski definition) is 4. The first-order valence-corrected chi connectivity index (χ1v) is 7.64. The van der Waals surface area contributed by atoms with Crippen LogP contribution in [0.5, 0.6) is 0 Å². The average Bonchev–Trinajstić information content (AvgIpc) is 2.60. The molecule has 0 radical (unpaired) electrons. The van der Waals surface area contributed by atoms with E-state index in [1.807, 2.05) is 0 Å². The Morgan fingerprint density at radius 3 is 2.53 bits per heavy atom. The molecule has 7 heteroatoms. The molecular formula is C10H14BrNO4S. The van der Waals surface area contributed by atoms with E-state index >= 15 is 0 Å². The maximum absolute atomic E-state index is 11.8. The molecule has 17 heavy (non-hydrogen) atoms. The van der Waals surface area contributed by atoms with Gasteiger partial charge in [-0.05, 0) is 35.0 Å². The summed E-state index contributed by atoms with van der Waals surface area (Å²) in [6, 6.07) is 3.44. The second kappa shape index (κ2) is 5.22. The normalized spacial score (nSPS) is 13.4. The Morgan fingerprint density at radius 1 is 1.53 bits per heavy atom. The highest BCUT2D eigenvalue weighted by atomic mass is 79.9. The van der Waals surface area contributed by atoms with Crippen molar-refractivity contribution in [2.75, 3.05) is 13.3 Å². The van der Waals surface area contributed by atoms with E-state index < -0.39 is 21.0 Å². The molecule has 1 amide bonds. The second-order valence-electron chi connectivity index (χ2n) is 3.87. The molecule has 0 aromatic carbocycles. The fourth-order valence-electron chi connectivity index (χ4n) is 1.24. The van der Waals surface area contributed by atoms with Crippen LogP contribution in [0.1, 0.15) is 12.7 Å². The summed E-state index contributed by atoms with van der Waals surface area (Å²) in [6.07, 6.45) is 1.05. The van der Waals surface area contributed by atoms with Crippen molar-refractivity contribution in [3.63, 3.8) is 0 Å². The van der Waals surface area contributed by atoms with Crippen LogP contribution in [0.25, 0.3) is 0 Å². The highest BCUT2D eigenvalue weighted by Gasteiger charge is 2.26. The summed E-state index contributed by atoms with van der Waals surface area (Å²) in [5.74, 6) is 0.147. The van der Waals surface area contributed by atoms with Gasteiger partial charge in [0.05, 0.1) is 6.54 Å². The molecule has 0 saturated heterocycles. The van der Waals surface area contributed by atoms with Gasteiger partial charge >= 0.3 is 0 Å². The number of carbonyl (C=O) groups is 1. The standard InChI is InChI=1S/C10H14BrNO4S/c1-7(17(3,14)15)10(13)12(2)6-8-4-5-9(11)16-8/h4-5,7H,6H2,1-3H3/t7-/m1/s1. The highest BCUT2D eigenvalue weighted by molar-refractivity contribution is 9.10. The van der Waals surface area contributed by atoms with E-state index in [2.05, 4.69) is 15.9 Å². The van der Waals surface area contributed by atoms with Gasteiger partial charge < -0.3 is 9.32 Å². The van der Waals surface area contributed by atoms with Gasteiger partial charge in [-0.3, -0.25) is 4.79 Å². The number of sulfone groups is 1. The molecule has 0 N–H and O–H groups in total. The first-order chi connectivity index (χ1) is 7.71. The summed E-state index contributed by atoms with van der Waals surface area (Å²) in [6.45, 7) is 1.62. The van der Waals surface area contributed by atoms with E-state index in [1.54, 1.807) is 19.2 Å². The van der Waals surface area contributed by atoms with Crippen molar-refractivity contribution >= 4 is 31.7 Å². The molecule has 0 aliphatic carbocycles. The smallest absolute Gasteiger partial charge is 0.240 e. The van der Waals surface area contributed by atoms with Crippen LogP contribution in [0.15, 0.2) is 21.2 Å². The third kappa shape index (κ3) is 3.85. The fraction of sp³-hybridized carbons (Fsp3) is 0.500. The lowest BCUT2D eigenvalue weighted by Gasteiger charge is -2.19. The lowest BCUT2D eigenvalue weighted by atomic mass is 10.3. The lowest BCUT2D eigenvalue weighted by Crippen LogP contribution is -2.38. The average molecular weight is 324 g/mol. The van der Waals surface area contributed by atoms with Crippen LogP contribution >= 0.6 is 15.9 Å². The SMILES string of the molecule is C[C@H](C(=O)N(C)Cc1ccc(Br)o1)S(C)(=O)=O. The number of amides is 1. The Bertz CT molecular complexity index is 508. The van der Waals surface area contributed by atoms with Crippen molar-refractivity contribution in [3.8, 4) is 0 Å². The van der Waals surface area contributed by atoms with Gasteiger partial charge in [-0.1, -0.05) is 0 Å². The van der Waals surface area contributed by atoms with Crippen molar-refractivity contribution in [2.24, 2.45) is 0 Å². The molecule has 1 rings (SSSR count). The maximum Gasteiger partial charge on any atom is 0.240 e. The zero-order chi connectivity index (χ0) is 13.2. The summed E-state index contributed by atoms with van der Waals surface area (Å²) < 4.78 is 28.3. The Labute approximate surface area is 109 Å². The van der Waals surface area contributed by atoms with E-state index in [9.17, 15) is 13.2 Å². The fourth-order valence-corrected chi connectivity index (χ4v) is 2.13.